The first-order chi connectivity index (χ1) is 14.4. The fourth-order valence-electron chi connectivity index (χ4n) is 3.33. The van der Waals surface area contributed by atoms with E-state index in [2.05, 4.69) is 26.2 Å². The zero-order valence-corrected chi connectivity index (χ0v) is 19.4. The summed E-state index contributed by atoms with van der Waals surface area (Å²) in [6, 6.07) is 13.2. The third kappa shape index (κ3) is 4.99. The van der Waals surface area contributed by atoms with Crippen LogP contribution in [0.25, 0.3) is 0 Å². The molecule has 0 aliphatic carbocycles. The molecule has 0 radical (unpaired) electrons. The first kappa shape index (κ1) is 22.2. The number of esters is 1. The van der Waals surface area contributed by atoms with Crippen molar-refractivity contribution < 1.29 is 19.0 Å². The van der Waals surface area contributed by atoms with E-state index in [1.165, 1.54) is 7.11 Å². The van der Waals surface area contributed by atoms with Gasteiger partial charge in [-0.05, 0) is 65.3 Å². The van der Waals surface area contributed by atoms with Crippen LogP contribution in [0, 0.1) is 5.92 Å². The van der Waals surface area contributed by atoms with Crippen LogP contribution in [0.5, 0.6) is 11.5 Å². The summed E-state index contributed by atoms with van der Waals surface area (Å²) in [7, 11) is 1.36. The molecule has 8 heteroatoms. The van der Waals surface area contributed by atoms with Crippen LogP contribution in [0.3, 0.4) is 0 Å². The van der Waals surface area contributed by atoms with Crippen molar-refractivity contribution in [3.05, 3.63) is 58.1 Å². The summed E-state index contributed by atoms with van der Waals surface area (Å²) in [6.45, 7) is 4.55. The Bertz CT molecular complexity index is 965. The topological polar surface area (TPSA) is 69.2 Å². The highest BCUT2D eigenvalue weighted by Gasteiger charge is 2.37. The molecule has 0 fully saturated rings. The molecule has 2 unspecified atom stereocenters. The Morgan fingerprint density at radius 3 is 2.63 bits per heavy atom. The number of halogens is 1. The Hall–Kier alpha value is -2.45. The first-order valence-electron chi connectivity index (χ1n) is 9.51. The summed E-state index contributed by atoms with van der Waals surface area (Å²) >= 11 is 8.86. The van der Waals surface area contributed by atoms with E-state index in [0.29, 0.717) is 35.5 Å². The van der Waals surface area contributed by atoms with E-state index < -0.39 is 12.0 Å². The number of nitrogens with zero attached hydrogens (tertiary/aromatic N) is 1. The Labute approximate surface area is 189 Å². The molecule has 1 aliphatic heterocycles. The summed E-state index contributed by atoms with van der Waals surface area (Å²) in [5, 5.41) is 3.46. The molecular weight excluding hydrogens is 468 g/mol. The van der Waals surface area contributed by atoms with Crippen molar-refractivity contribution >= 4 is 44.9 Å². The number of aliphatic imine (C=N–C) groups is 1. The fraction of sp³-hybridized carbons (Fsp3) is 0.318. The standard InChI is InChI=1S/C22H23BrN2O4S/c1-4-28-17-11-15(19-18(21(26)27-3)13(2)24-22(30)25-19)10-16(23)20(17)29-12-14-8-6-5-7-9-14/h5-11,18-19H,4,12H2,1-3H3,(H,25,30). The highest BCUT2D eigenvalue weighted by molar-refractivity contribution is 9.10. The maximum absolute atomic E-state index is 12.4. The van der Waals surface area contributed by atoms with Crippen molar-refractivity contribution in [3.63, 3.8) is 0 Å². The van der Waals surface area contributed by atoms with Crippen LogP contribution in [0.15, 0.2) is 51.9 Å². The van der Waals surface area contributed by atoms with E-state index in [1.54, 1.807) is 6.92 Å². The molecule has 0 spiro atoms. The summed E-state index contributed by atoms with van der Waals surface area (Å²) in [6.07, 6.45) is 0. The van der Waals surface area contributed by atoms with Crippen molar-refractivity contribution in [2.24, 2.45) is 10.9 Å². The largest absolute Gasteiger partial charge is 0.490 e. The van der Waals surface area contributed by atoms with Crippen molar-refractivity contribution in [2.45, 2.75) is 26.5 Å². The molecule has 1 aliphatic rings. The molecule has 0 saturated carbocycles. The molecule has 0 saturated heterocycles. The minimum Gasteiger partial charge on any atom is -0.490 e. The quantitative estimate of drug-likeness (QED) is 0.451. The van der Waals surface area contributed by atoms with Gasteiger partial charge in [-0.1, -0.05) is 30.3 Å². The lowest BCUT2D eigenvalue weighted by molar-refractivity contribution is -0.143. The van der Waals surface area contributed by atoms with Gasteiger partial charge in [0, 0.05) is 5.71 Å². The summed E-state index contributed by atoms with van der Waals surface area (Å²) in [5.41, 5.74) is 2.46. The maximum Gasteiger partial charge on any atom is 0.316 e. The van der Waals surface area contributed by atoms with Gasteiger partial charge < -0.3 is 19.5 Å². The molecule has 0 bridgehead atoms. The number of hydrogen-bond donors (Lipinski definition) is 1. The number of ether oxygens (including phenoxy) is 3. The fourth-order valence-corrected chi connectivity index (χ4v) is 4.17. The van der Waals surface area contributed by atoms with Crippen LogP contribution >= 0.6 is 28.1 Å². The van der Waals surface area contributed by atoms with Gasteiger partial charge in [0.05, 0.1) is 24.2 Å². The van der Waals surface area contributed by atoms with Crippen molar-refractivity contribution in [1.82, 2.24) is 5.32 Å². The summed E-state index contributed by atoms with van der Waals surface area (Å²) in [5.74, 6) is 0.200. The van der Waals surface area contributed by atoms with Crippen LogP contribution in [0.2, 0.25) is 0 Å². The third-order valence-electron chi connectivity index (χ3n) is 4.71. The monoisotopic (exact) mass is 490 g/mol. The van der Waals surface area contributed by atoms with Gasteiger partial charge >= 0.3 is 5.97 Å². The SMILES string of the molecule is CCOc1cc(C2NC(=S)N=C(C)C2C(=O)OC)cc(Br)c1OCc1ccccc1. The number of carbonyl (C=O) groups excluding carboxylic acids is 1. The molecule has 2 aromatic rings. The minimum atomic E-state index is -0.598. The molecule has 0 aromatic heterocycles. The van der Waals surface area contributed by atoms with Crippen molar-refractivity contribution in [2.75, 3.05) is 13.7 Å². The molecule has 2 atom stereocenters. The third-order valence-corrected chi connectivity index (χ3v) is 5.51. The minimum absolute atomic E-state index is 0.330. The Kier molecular flexibility index (Phi) is 7.44. The molecule has 3 rings (SSSR count). The molecule has 6 nitrogen and oxygen atoms in total. The number of nitrogens with one attached hydrogen (secondary N) is 1. The Morgan fingerprint density at radius 1 is 1.23 bits per heavy atom. The number of rotatable bonds is 7. The summed E-state index contributed by atoms with van der Waals surface area (Å²) in [4.78, 5) is 16.7. The Balaban J connectivity index is 1.96. The van der Waals surface area contributed by atoms with Crippen LogP contribution in [-0.2, 0) is 16.1 Å². The molecule has 2 aromatic carbocycles. The van der Waals surface area contributed by atoms with E-state index in [1.807, 2.05) is 49.4 Å². The second kappa shape index (κ2) is 10.0. The number of benzene rings is 2. The number of carbonyl (C=O) groups is 1. The van der Waals surface area contributed by atoms with Crippen LogP contribution in [-0.4, -0.2) is 30.5 Å². The molecule has 158 valence electrons. The van der Waals surface area contributed by atoms with E-state index in [0.717, 1.165) is 15.6 Å². The van der Waals surface area contributed by atoms with Crippen LogP contribution in [0.4, 0.5) is 0 Å². The van der Waals surface area contributed by atoms with Gasteiger partial charge in [0.15, 0.2) is 16.6 Å². The Morgan fingerprint density at radius 2 is 1.97 bits per heavy atom. The van der Waals surface area contributed by atoms with Gasteiger partial charge in [-0.25, -0.2) is 4.99 Å². The first-order valence-corrected chi connectivity index (χ1v) is 10.7. The predicted octanol–water partition coefficient (Wildman–Crippen LogP) is 4.61. The highest BCUT2D eigenvalue weighted by atomic mass is 79.9. The number of hydrogen-bond acceptors (Lipinski definition) is 5. The van der Waals surface area contributed by atoms with E-state index in [9.17, 15) is 4.79 Å². The van der Waals surface area contributed by atoms with Gasteiger partial charge in [-0.3, -0.25) is 4.79 Å². The predicted molar refractivity (Wildman–Crippen MR) is 123 cm³/mol. The number of thiocarbonyl (C=S) groups is 1. The van der Waals surface area contributed by atoms with E-state index in [-0.39, 0.29) is 5.97 Å². The lowest BCUT2D eigenvalue weighted by atomic mass is 9.88. The number of methoxy groups -OCH3 is 1. The van der Waals surface area contributed by atoms with Gasteiger partial charge in [0.25, 0.3) is 0 Å². The van der Waals surface area contributed by atoms with E-state index >= 15 is 0 Å². The van der Waals surface area contributed by atoms with Gasteiger partial charge in [-0.15, -0.1) is 0 Å². The molecule has 1 heterocycles. The van der Waals surface area contributed by atoms with Crippen LogP contribution < -0.4 is 14.8 Å². The van der Waals surface area contributed by atoms with Crippen molar-refractivity contribution in [1.29, 1.82) is 0 Å². The molecule has 30 heavy (non-hydrogen) atoms. The highest BCUT2D eigenvalue weighted by Crippen LogP contribution is 2.41. The molecule has 0 amide bonds. The van der Waals surface area contributed by atoms with E-state index in [4.69, 9.17) is 26.4 Å². The maximum atomic E-state index is 12.4. The van der Waals surface area contributed by atoms with Gasteiger partial charge in [0.1, 0.15) is 12.5 Å². The van der Waals surface area contributed by atoms with Gasteiger partial charge in [-0.2, -0.15) is 0 Å². The lowest BCUT2D eigenvalue weighted by Crippen LogP contribution is -2.44. The van der Waals surface area contributed by atoms with Crippen molar-refractivity contribution in [3.8, 4) is 11.5 Å². The molecular formula is C22H23BrN2O4S. The average Bonchev–Trinajstić information content (AvgIpc) is 2.73. The smallest absolute Gasteiger partial charge is 0.316 e. The summed E-state index contributed by atoms with van der Waals surface area (Å²) < 4.78 is 17.6. The lowest BCUT2D eigenvalue weighted by Gasteiger charge is -2.31. The average molecular weight is 491 g/mol. The second-order valence-corrected chi connectivity index (χ2v) is 7.96. The second-order valence-electron chi connectivity index (χ2n) is 6.72. The van der Waals surface area contributed by atoms with Crippen LogP contribution in [0.1, 0.15) is 31.0 Å². The normalized spacial score (nSPS) is 18.3. The van der Waals surface area contributed by atoms with Gasteiger partial charge in [0.2, 0.25) is 0 Å². The zero-order valence-electron chi connectivity index (χ0n) is 17.0. The zero-order chi connectivity index (χ0) is 21.7. The molecule has 1 N–H and O–H groups in total.